The molecule has 0 amide bonds. The van der Waals surface area contributed by atoms with E-state index in [1.807, 2.05) is 26.8 Å². The minimum atomic E-state index is -0.235. The number of rotatable bonds is 5. The van der Waals surface area contributed by atoms with E-state index in [2.05, 4.69) is 5.73 Å². The number of hydrogen-bond acceptors (Lipinski definition) is 2. The molecule has 11 heavy (non-hydrogen) atoms. The Balaban J connectivity index is 3.77. The van der Waals surface area contributed by atoms with Crippen molar-refractivity contribution in [2.24, 2.45) is 0 Å². The van der Waals surface area contributed by atoms with Gasteiger partial charge in [0, 0.05) is 19.3 Å². The summed E-state index contributed by atoms with van der Waals surface area (Å²) in [6.07, 6.45) is 3.36. The predicted octanol–water partition coefficient (Wildman–Crippen LogP) is 2.12. The first kappa shape index (κ1) is 10.4. The summed E-state index contributed by atoms with van der Waals surface area (Å²) in [4.78, 5) is 0. The third kappa shape index (κ3) is 5.86. The minimum absolute atomic E-state index is 0.235. The first-order valence-electron chi connectivity index (χ1n) is 3.95. The van der Waals surface area contributed by atoms with Gasteiger partial charge in [-0.15, -0.1) is 5.73 Å². The van der Waals surface area contributed by atoms with Gasteiger partial charge in [-0.25, -0.2) is 0 Å². The van der Waals surface area contributed by atoms with Gasteiger partial charge in [-0.1, -0.05) is 0 Å². The summed E-state index contributed by atoms with van der Waals surface area (Å²) in [5.74, 6) is 0. The van der Waals surface area contributed by atoms with Crippen molar-refractivity contribution >= 4 is 0 Å². The van der Waals surface area contributed by atoms with Crippen LogP contribution in [0.3, 0.4) is 0 Å². The van der Waals surface area contributed by atoms with E-state index in [1.54, 1.807) is 6.08 Å². The van der Waals surface area contributed by atoms with Gasteiger partial charge < -0.3 is 9.47 Å². The molecule has 0 aromatic rings. The summed E-state index contributed by atoms with van der Waals surface area (Å²) in [7, 11) is 0. The van der Waals surface area contributed by atoms with Gasteiger partial charge in [-0.3, -0.25) is 0 Å². The lowest BCUT2D eigenvalue weighted by Crippen LogP contribution is -2.13. The number of hydrogen-bond donors (Lipinski definition) is 0. The molecule has 2 heteroatoms. The maximum Gasteiger partial charge on any atom is 0.184 e. The van der Waals surface area contributed by atoms with Crippen LogP contribution in [0.2, 0.25) is 0 Å². The van der Waals surface area contributed by atoms with Gasteiger partial charge in [0.15, 0.2) is 6.29 Å². The van der Waals surface area contributed by atoms with E-state index in [9.17, 15) is 0 Å². The van der Waals surface area contributed by atoms with E-state index >= 15 is 0 Å². The van der Waals surface area contributed by atoms with Crippen molar-refractivity contribution in [1.82, 2.24) is 0 Å². The largest absolute Gasteiger partial charge is 0.349 e. The highest BCUT2D eigenvalue weighted by molar-refractivity contribution is 4.84. The van der Waals surface area contributed by atoms with Gasteiger partial charge in [0.2, 0.25) is 0 Å². The van der Waals surface area contributed by atoms with Crippen LogP contribution < -0.4 is 0 Å². The van der Waals surface area contributed by atoms with Crippen LogP contribution in [0.4, 0.5) is 0 Å². The molecular formula is C9H16O2. The predicted molar refractivity (Wildman–Crippen MR) is 45.4 cm³/mol. The fraction of sp³-hybridized carbons (Fsp3) is 0.667. The van der Waals surface area contributed by atoms with E-state index in [4.69, 9.17) is 9.47 Å². The molecule has 0 spiro atoms. The highest BCUT2D eigenvalue weighted by atomic mass is 16.7. The second kappa shape index (κ2) is 7.55. The molecule has 0 aromatic heterocycles. The lowest BCUT2D eigenvalue weighted by Gasteiger charge is -2.10. The van der Waals surface area contributed by atoms with Crippen LogP contribution in [0.1, 0.15) is 20.8 Å². The normalized spacial score (nSPS) is 9.45. The van der Waals surface area contributed by atoms with Crippen LogP contribution in [0, 0.1) is 0 Å². The molecule has 0 heterocycles. The first-order valence-corrected chi connectivity index (χ1v) is 3.95. The van der Waals surface area contributed by atoms with Crippen LogP contribution in [0.15, 0.2) is 17.9 Å². The Kier molecular flexibility index (Phi) is 7.16. The van der Waals surface area contributed by atoms with Crippen molar-refractivity contribution in [2.75, 3.05) is 13.2 Å². The third-order valence-electron chi connectivity index (χ3n) is 1.06. The lowest BCUT2D eigenvalue weighted by molar-refractivity contribution is -0.103. The molecule has 64 valence electrons. The molecule has 0 aliphatic carbocycles. The van der Waals surface area contributed by atoms with Crippen LogP contribution in [-0.2, 0) is 9.47 Å². The van der Waals surface area contributed by atoms with Crippen molar-refractivity contribution in [3.8, 4) is 0 Å². The van der Waals surface area contributed by atoms with Crippen LogP contribution in [0.5, 0.6) is 0 Å². The van der Waals surface area contributed by atoms with E-state index in [0.717, 1.165) is 0 Å². The van der Waals surface area contributed by atoms with Crippen LogP contribution in [-0.4, -0.2) is 19.5 Å². The van der Waals surface area contributed by atoms with Crippen LogP contribution in [0.25, 0.3) is 0 Å². The van der Waals surface area contributed by atoms with E-state index in [1.165, 1.54) is 0 Å². The molecule has 0 bridgehead atoms. The Hall–Kier alpha value is -0.560. The highest BCUT2D eigenvalue weighted by Crippen LogP contribution is 1.95. The SMILES string of the molecule is CC=C=CC(OCC)OCC. The van der Waals surface area contributed by atoms with Gasteiger partial charge in [-0.05, 0) is 26.8 Å². The molecule has 0 radical (unpaired) electrons. The van der Waals surface area contributed by atoms with E-state index in [0.29, 0.717) is 13.2 Å². The minimum Gasteiger partial charge on any atom is -0.349 e. The fourth-order valence-corrected chi connectivity index (χ4v) is 0.648. The lowest BCUT2D eigenvalue weighted by atomic mass is 10.5. The molecule has 2 nitrogen and oxygen atoms in total. The van der Waals surface area contributed by atoms with Crippen molar-refractivity contribution in [3.05, 3.63) is 17.9 Å². The molecule has 0 unspecified atom stereocenters. The molecule has 0 saturated carbocycles. The molecule has 0 saturated heterocycles. The Labute approximate surface area is 68.5 Å². The molecule has 0 aliphatic heterocycles. The number of ether oxygens (including phenoxy) is 2. The van der Waals surface area contributed by atoms with Gasteiger partial charge in [-0.2, -0.15) is 0 Å². The molecule has 0 aliphatic rings. The van der Waals surface area contributed by atoms with Gasteiger partial charge in [0.25, 0.3) is 0 Å². The average Bonchev–Trinajstić information content (AvgIpc) is 2.01. The van der Waals surface area contributed by atoms with Crippen molar-refractivity contribution in [2.45, 2.75) is 27.1 Å². The molecule has 0 atom stereocenters. The average molecular weight is 156 g/mol. The van der Waals surface area contributed by atoms with Gasteiger partial charge in [0.1, 0.15) is 0 Å². The first-order chi connectivity index (χ1) is 5.35. The monoisotopic (exact) mass is 156 g/mol. The molecular weight excluding hydrogens is 140 g/mol. The Morgan fingerprint density at radius 3 is 2.18 bits per heavy atom. The van der Waals surface area contributed by atoms with Crippen LogP contribution >= 0.6 is 0 Å². The Morgan fingerprint density at radius 1 is 1.27 bits per heavy atom. The zero-order chi connectivity index (χ0) is 8.53. The summed E-state index contributed by atoms with van der Waals surface area (Å²) in [6.45, 7) is 7.11. The fourth-order valence-electron chi connectivity index (χ4n) is 0.648. The molecule has 0 rings (SSSR count). The zero-order valence-corrected chi connectivity index (χ0v) is 7.46. The summed E-state index contributed by atoms with van der Waals surface area (Å²) in [5.41, 5.74) is 2.92. The summed E-state index contributed by atoms with van der Waals surface area (Å²) in [6, 6.07) is 0. The maximum absolute atomic E-state index is 5.22. The second-order valence-corrected chi connectivity index (χ2v) is 1.90. The summed E-state index contributed by atoms with van der Waals surface area (Å²) in [5, 5.41) is 0. The maximum atomic E-state index is 5.22. The van der Waals surface area contributed by atoms with E-state index in [-0.39, 0.29) is 6.29 Å². The van der Waals surface area contributed by atoms with Crippen molar-refractivity contribution < 1.29 is 9.47 Å². The molecule has 0 aromatic carbocycles. The van der Waals surface area contributed by atoms with E-state index < -0.39 is 0 Å². The van der Waals surface area contributed by atoms with Gasteiger partial charge >= 0.3 is 0 Å². The zero-order valence-electron chi connectivity index (χ0n) is 7.46. The molecule has 0 fully saturated rings. The molecule has 0 N–H and O–H groups in total. The van der Waals surface area contributed by atoms with Crippen molar-refractivity contribution in [3.63, 3.8) is 0 Å². The van der Waals surface area contributed by atoms with Crippen molar-refractivity contribution in [1.29, 1.82) is 0 Å². The summed E-state index contributed by atoms with van der Waals surface area (Å²) >= 11 is 0. The highest BCUT2D eigenvalue weighted by Gasteiger charge is 1.99. The van der Waals surface area contributed by atoms with Gasteiger partial charge in [0.05, 0.1) is 0 Å². The Morgan fingerprint density at radius 2 is 1.82 bits per heavy atom. The smallest absolute Gasteiger partial charge is 0.184 e. The topological polar surface area (TPSA) is 18.5 Å². The summed E-state index contributed by atoms with van der Waals surface area (Å²) < 4.78 is 10.4. The quantitative estimate of drug-likeness (QED) is 0.448. The standard InChI is InChI=1S/C9H16O2/c1-4-7-8-9(10-5-2)11-6-3/h4,8-9H,5-6H2,1-3H3. The third-order valence-corrected chi connectivity index (χ3v) is 1.06. The Bertz CT molecular complexity index is 128. The second-order valence-electron chi connectivity index (χ2n) is 1.90.